The van der Waals surface area contributed by atoms with E-state index in [-0.39, 0.29) is 5.91 Å². The van der Waals surface area contributed by atoms with E-state index in [4.69, 9.17) is 4.42 Å². The van der Waals surface area contributed by atoms with Gasteiger partial charge in [-0.2, -0.15) is 0 Å². The van der Waals surface area contributed by atoms with Gasteiger partial charge in [-0.25, -0.2) is 4.98 Å². The number of hydrogen-bond acceptors (Lipinski definition) is 5. The van der Waals surface area contributed by atoms with E-state index < -0.39 is 0 Å². The molecule has 1 amide bonds. The molecular weight excluding hydrogens is 322 g/mol. The first kappa shape index (κ1) is 16.3. The fourth-order valence-electron chi connectivity index (χ4n) is 2.16. The smallest absolute Gasteiger partial charge is 0.221 e. The molecule has 0 aliphatic rings. The lowest BCUT2D eigenvalue weighted by Gasteiger charge is -2.07. The highest BCUT2D eigenvalue weighted by atomic mass is 32.2. The minimum Gasteiger partial charge on any atom is -0.463 e. The molecule has 0 fully saturated rings. The zero-order valence-corrected chi connectivity index (χ0v) is 13.8. The van der Waals surface area contributed by atoms with Gasteiger partial charge >= 0.3 is 0 Å². The maximum absolute atomic E-state index is 12.0. The lowest BCUT2D eigenvalue weighted by Crippen LogP contribution is -2.24. The van der Waals surface area contributed by atoms with Crippen LogP contribution in [0.3, 0.4) is 0 Å². The Hall–Kier alpha value is -2.60. The van der Waals surface area contributed by atoms with Gasteiger partial charge in [0.25, 0.3) is 0 Å². The number of nitrogens with zero attached hydrogens (tertiary/aromatic N) is 2. The van der Waals surface area contributed by atoms with Crippen LogP contribution in [0.25, 0.3) is 11.5 Å². The fraction of sp³-hybridized carbons (Fsp3) is 0.167. The second-order valence-corrected chi connectivity index (χ2v) is 6.19. The van der Waals surface area contributed by atoms with Gasteiger partial charge in [-0.05, 0) is 24.3 Å². The molecule has 122 valence electrons. The molecule has 3 aromatic rings. The van der Waals surface area contributed by atoms with Crippen molar-refractivity contribution in [3.05, 3.63) is 66.8 Å². The van der Waals surface area contributed by atoms with Crippen molar-refractivity contribution in [3.8, 4) is 11.5 Å². The van der Waals surface area contributed by atoms with Gasteiger partial charge in [0.1, 0.15) is 5.69 Å². The summed E-state index contributed by atoms with van der Waals surface area (Å²) >= 11 is 1.67. The maximum Gasteiger partial charge on any atom is 0.221 e. The van der Waals surface area contributed by atoms with Crippen molar-refractivity contribution in [1.82, 2.24) is 15.3 Å². The van der Waals surface area contributed by atoms with Gasteiger partial charge in [0.15, 0.2) is 5.76 Å². The summed E-state index contributed by atoms with van der Waals surface area (Å²) in [7, 11) is 0. The molecule has 2 heterocycles. The molecule has 2 aromatic heterocycles. The van der Waals surface area contributed by atoms with Crippen molar-refractivity contribution in [2.45, 2.75) is 17.9 Å². The molecule has 0 radical (unpaired) electrons. The minimum absolute atomic E-state index is 0.00511. The molecule has 0 saturated heterocycles. The SMILES string of the molecule is O=C(CCSc1ccccc1)NCc1nccnc1-c1ccco1. The zero-order valence-electron chi connectivity index (χ0n) is 13.0. The largest absolute Gasteiger partial charge is 0.463 e. The van der Waals surface area contributed by atoms with E-state index in [0.717, 1.165) is 5.75 Å². The second kappa shape index (κ2) is 8.31. The average molecular weight is 339 g/mol. The van der Waals surface area contributed by atoms with Gasteiger partial charge in [-0.1, -0.05) is 18.2 Å². The van der Waals surface area contributed by atoms with Gasteiger partial charge in [0, 0.05) is 29.5 Å². The Balaban J connectivity index is 1.50. The van der Waals surface area contributed by atoms with E-state index in [2.05, 4.69) is 15.3 Å². The first-order valence-electron chi connectivity index (χ1n) is 7.61. The van der Waals surface area contributed by atoms with E-state index in [1.165, 1.54) is 4.90 Å². The summed E-state index contributed by atoms with van der Waals surface area (Å²) in [6.07, 6.45) is 5.27. The molecule has 0 spiro atoms. The number of hydrogen-bond donors (Lipinski definition) is 1. The predicted molar refractivity (Wildman–Crippen MR) is 93.4 cm³/mol. The number of aromatic nitrogens is 2. The molecule has 0 aliphatic heterocycles. The van der Waals surface area contributed by atoms with Gasteiger partial charge in [0.05, 0.1) is 18.5 Å². The van der Waals surface area contributed by atoms with Crippen molar-refractivity contribution < 1.29 is 9.21 Å². The molecule has 0 atom stereocenters. The number of rotatable bonds is 7. The summed E-state index contributed by atoms with van der Waals surface area (Å²) in [5.74, 6) is 1.38. The number of carbonyl (C=O) groups excluding carboxylic acids is 1. The third kappa shape index (κ3) is 4.45. The molecule has 1 aromatic carbocycles. The van der Waals surface area contributed by atoms with E-state index in [0.29, 0.717) is 30.1 Å². The van der Waals surface area contributed by atoms with Crippen LogP contribution in [-0.2, 0) is 11.3 Å². The first-order valence-corrected chi connectivity index (χ1v) is 8.60. The standard InChI is InChI=1S/C18H17N3O2S/c22-17(8-12-24-14-5-2-1-3-6-14)21-13-15-18(20-10-9-19-15)16-7-4-11-23-16/h1-7,9-11H,8,12-13H2,(H,21,22). The lowest BCUT2D eigenvalue weighted by atomic mass is 10.2. The Morgan fingerprint density at radius 1 is 1.08 bits per heavy atom. The highest BCUT2D eigenvalue weighted by Crippen LogP contribution is 2.20. The normalized spacial score (nSPS) is 10.5. The van der Waals surface area contributed by atoms with Crippen molar-refractivity contribution in [2.75, 3.05) is 5.75 Å². The van der Waals surface area contributed by atoms with Crippen LogP contribution in [-0.4, -0.2) is 21.6 Å². The Morgan fingerprint density at radius 2 is 1.92 bits per heavy atom. The molecular formula is C18H17N3O2S. The maximum atomic E-state index is 12.0. The number of benzene rings is 1. The summed E-state index contributed by atoms with van der Waals surface area (Å²) in [5, 5.41) is 2.89. The number of nitrogens with one attached hydrogen (secondary N) is 1. The second-order valence-electron chi connectivity index (χ2n) is 5.02. The zero-order chi connectivity index (χ0) is 16.6. The van der Waals surface area contributed by atoms with E-state index in [9.17, 15) is 4.79 Å². The molecule has 6 heteroatoms. The average Bonchev–Trinajstić information content (AvgIpc) is 3.16. The Bertz CT molecular complexity index is 776. The third-order valence-corrected chi connectivity index (χ3v) is 4.34. The van der Waals surface area contributed by atoms with Crippen LogP contribution in [0.5, 0.6) is 0 Å². The summed E-state index contributed by atoms with van der Waals surface area (Å²) in [4.78, 5) is 21.8. The summed E-state index contributed by atoms with van der Waals surface area (Å²) in [5.41, 5.74) is 1.35. The first-order chi connectivity index (χ1) is 11.8. The molecule has 1 N–H and O–H groups in total. The topological polar surface area (TPSA) is 68.0 Å². The summed E-state index contributed by atoms with van der Waals surface area (Å²) in [6.45, 7) is 0.332. The Kier molecular flexibility index (Phi) is 5.63. The molecule has 0 saturated carbocycles. The Labute approximate surface area is 144 Å². The molecule has 0 bridgehead atoms. The summed E-state index contributed by atoms with van der Waals surface area (Å²) < 4.78 is 5.36. The predicted octanol–water partition coefficient (Wildman–Crippen LogP) is 3.54. The number of furan rings is 1. The van der Waals surface area contributed by atoms with Gasteiger partial charge in [0.2, 0.25) is 5.91 Å². The lowest BCUT2D eigenvalue weighted by molar-refractivity contribution is -0.120. The van der Waals surface area contributed by atoms with E-state index in [1.54, 1.807) is 36.5 Å². The van der Waals surface area contributed by atoms with Crippen LogP contribution in [0.2, 0.25) is 0 Å². The molecule has 0 aliphatic carbocycles. The van der Waals surface area contributed by atoms with Gasteiger partial charge in [-0.15, -0.1) is 11.8 Å². The highest BCUT2D eigenvalue weighted by Gasteiger charge is 2.11. The monoisotopic (exact) mass is 339 g/mol. The van der Waals surface area contributed by atoms with Crippen LogP contribution in [0, 0.1) is 0 Å². The van der Waals surface area contributed by atoms with E-state index in [1.807, 2.05) is 36.4 Å². The molecule has 5 nitrogen and oxygen atoms in total. The van der Waals surface area contributed by atoms with Crippen molar-refractivity contribution in [3.63, 3.8) is 0 Å². The molecule has 24 heavy (non-hydrogen) atoms. The molecule has 3 rings (SSSR count). The number of amides is 1. The quantitative estimate of drug-likeness (QED) is 0.667. The van der Waals surface area contributed by atoms with Crippen LogP contribution >= 0.6 is 11.8 Å². The highest BCUT2D eigenvalue weighted by molar-refractivity contribution is 7.99. The number of thioether (sulfide) groups is 1. The van der Waals surface area contributed by atoms with E-state index >= 15 is 0 Å². The van der Waals surface area contributed by atoms with Gasteiger partial charge in [-0.3, -0.25) is 9.78 Å². The molecule has 0 unspecified atom stereocenters. The fourth-order valence-corrected chi connectivity index (χ4v) is 3.04. The van der Waals surface area contributed by atoms with Crippen LogP contribution < -0.4 is 5.32 Å². The van der Waals surface area contributed by atoms with Crippen LogP contribution in [0.15, 0.2) is 70.4 Å². The van der Waals surface area contributed by atoms with Crippen LogP contribution in [0.1, 0.15) is 12.1 Å². The minimum atomic E-state index is -0.00511. The number of carbonyl (C=O) groups is 1. The van der Waals surface area contributed by atoms with Crippen LogP contribution in [0.4, 0.5) is 0 Å². The summed E-state index contributed by atoms with van der Waals surface area (Å²) in [6, 6.07) is 13.7. The van der Waals surface area contributed by atoms with Crippen molar-refractivity contribution >= 4 is 17.7 Å². The van der Waals surface area contributed by atoms with Crippen molar-refractivity contribution in [1.29, 1.82) is 0 Å². The Morgan fingerprint density at radius 3 is 2.71 bits per heavy atom. The van der Waals surface area contributed by atoms with Crippen molar-refractivity contribution in [2.24, 2.45) is 0 Å². The van der Waals surface area contributed by atoms with Gasteiger partial charge < -0.3 is 9.73 Å². The third-order valence-electron chi connectivity index (χ3n) is 3.32.